The minimum atomic E-state index is 0.235. The van der Waals surface area contributed by atoms with Gasteiger partial charge in [0, 0.05) is 37.1 Å². The summed E-state index contributed by atoms with van der Waals surface area (Å²) in [6.45, 7) is 8.57. The number of hydrogen-bond donors (Lipinski definition) is 0. The van der Waals surface area contributed by atoms with Crippen LogP contribution in [0.4, 0.5) is 5.69 Å². The van der Waals surface area contributed by atoms with Gasteiger partial charge in [0.2, 0.25) is 5.91 Å². The highest BCUT2D eigenvalue weighted by molar-refractivity contribution is 7.97. The van der Waals surface area contributed by atoms with Crippen LogP contribution in [0.15, 0.2) is 29.2 Å². The van der Waals surface area contributed by atoms with Crippen molar-refractivity contribution >= 4 is 23.5 Å². The van der Waals surface area contributed by atoms with E-state index in [1.165, 1.54) is 63.7 Å². The highest BCUT2D eigenvalue weighted by atomic mass is 32.2. The Hall–Kier alpha value is -1.16. The van der Waals surface area contributed by atoms with E-state index in [0.717, 1.165) is 11.3 Å². The fraction of sp³-hybridized carbons (Fsp3) is 0.682. The Morgan fingerprint density at radius 2 is 1.58 bits per heavy atom. The van der Waals surface area contributed by atoms with Gasteiger partial charge in [-0.3, -0.25) is 9.10 Å². The second-order valence-corrected chi connectivity index (χ2v) is 7.89. The molecule has 26 heavy (non-hydrogen) atoms. The molecule has 3 nitrogen and oxygen atoms in total. The SMILES string of the molecule is CC.CCCCCCCCC(=O)N(C)Sc1ccc(N2CCCC2)cc1. The lowest BCUT2D eigenvalue weighted by Gasteiger charge is -2.19. The normalized spacial score (nSPS) is 13.3. The van der Waals surface area contributed by atoms with E-state index in [0.29, 0.717) is 6.42 Å². The number of amides is 1. The minimum absolute atomic E-state index is 0.235. The van der Waals surface area contributed by atoms with Gasteiger partial charge in [-0.25, -0.2) is 0 Å². The van der Waals surface area contributed by atoms with Crippen molar-refractivity contribution in [3.8, 4) is 0 Å². The van der Waals surface area contributed by atoms with E-state index in [1.54, 1.807) is 16.3 Å². The van der Waals surface area contributed by atoms with Crippen molar-refractivity contribution in [3.63, 3.8) is 0 Å². The van der Waals surface area contributed by atoms with Crippen molar-refractivity contribution in [2.24, 2.45) is 0 Å². The molecule has 0 aromatic heterocycles. The first-order valence-electron chi connectivity index (χ1n) is 10.5. The number of hydrogen-bond acceptors (Lipinski definition) is 3. The topological polar surface area (TPSA) is 23.6 Å². The Labute approximate surface area is 165 Å². The van der Waals surface area contributed by atoms with E-state index in [4.69, 9.17) is 0 Å². The van der Waals surface area contributed by atoms with Gasteiger partial charge in [0.25, 0.3) is 0 Å². The summed E-state index contributed by atoms with van der Waals surface area (Å²) in [5.41, 5.74) is 1.30. The van der Waals surface area contributed by atoms with Gasteiger partial charge in [0.1, 0.15) is 0 Å². The van der Waals surface area contributed by atoms with Crippen LogP contribution in [0, 0.1) is 0 Å². The molecule has 148 valence electrons. The third-order valence-corrected chi connectivity index (χ3v) is 5.61. The largest absolute Gasteiger partial charge is 0.372 e. The predicted molar refractivity (Wildman–Crippen MR) is 116 cm³/mol. The fourth-order valence-corrected chi connectivity index (χ4v) is 3.88. The van der Waals surface area contributed by atoms with Gasteiger partial charge < -0.3 is 4.90 Å². The molecule has 4 heteroatoms. The monoisotopic (exact) mass is 378 g/mol. The highest BCUT2D eigenvalue weighted by Gasteiger charge is 2.13. The molecule has 1 aliphatic heterocycles. The maximum atomic E-state index is 12.2. The molecule has 0 unspecified atom stereocenters. The molecule has 1 aliphatic rings. The summed E-state index contributed by atoms with van der Waals surface area (Å²) in [6, 6.07) is 8.62. The molecular formula is C22H38N2OS. The van der Waals surface area contributed by atoms with Crippen molar-refractivity contribution in [1.82, 2.24) is 4.31 Å². The van der Waals surface area contributed by atoms with Crippen LogP contribution in [0.1, 0.15) is 78.6 Å². The zero-order valence-electron chi connectivity index (χ0n) is 17.3. The molecule has 0 N–H and O–H groups in total. The summed E-state index contributed by atoms with van der Waals surface area (Å²) < 4.78 is 1.79. The van der Waals surface area contributed by atoms with Crippen molar-refractivity contribution in [1.29, 1.82) is 0 Å². The Kier molecular flexibility index (Phi) is 12.3. The first-order chi connectivity index (χ1) is 12.7. The fourth-order valence-electron chi connectivity index (χ4n) is 3.12. The molecule has 1 aromatic carbocycles. The van der Waals surface area contributed by atoms with E-state index < -0.39 is 0 Å². The van der Waals surface area contributed by atoms with Crippen LogP contribution in [0.5, 0.6) is 0 Å². The molecule has 0 saturated carbocycles. The first-order valence-corrected chi connectivity index (χ1v) is 11.3. The molecule has 1 fully saturated rings. The summed E-state index contributed by atoms with van der Waals surface area (Å²) in [5, 5.41) is 0. The second kappa shape index (κ2) is 14.0. The van der Waals surface area contributed by atoms with Crippen LogP contribution in [-0.2, 0) is 4.79 Å². The van der Waals surface area contributed by atoms with E-state index in [2.05, 4.69) is 36.1 Å². The first kappa shape index (κ1) is 22.9. The zero-order chi connectivity index (χ0) is 19.2. The third kappa shape index (κ3) is 8.48. The minimum Gasteiger partial charge on any atom is -0.372 e. The average molecular weight is 379 g/mol. The van der Waals surface area contributed by atoms with Gasteiger partial charge in [-0.15, -0.1) is 0 Å². The number of unbranched alkanes of at least 4 members (excludes halogenated alkanes) is 5. The van der Waals surface area contributed by atoms with Gasteiger partial charge in [0.05, 0.1) is 0 Å². The van der Waals surface area contributed by atoms with E-state index in [-0.39, 0.29) is 5.91 Å². The Balaban J connectivity index is 0.00000163. The van der Waals surface area contributed by atoms with Crippen LogP contribution in [0.25, 0.3) is 0 Å². The maximum Gasteiger partial charge on any atom is 0.232 e. The number of anilines is 1. The van der Waals surface area contributed by atoms with Gasteiger partial charge in [0.15, 0.2) is 0 Å². The summed E-state index contributed by atoms with van der Waals surface area (Å²) in [4.78, 5) is 15.8. The molecule has 0 aliphatic carbocycles. The molecule has 0 spiro atoms. The van der Waals surface area contributed by atoms with Crippen LogP contribution < -0.4 is 4.90 Å². The van der Waals surface area contributed by atoms with E-state index in [9.17, 15) is 4.79 Å². The van der Waals surface area contributed by atoms with Crippen molar-refractivity contribution < 1.29 is 4.79 Å². The molecule has 0 radical (unpaired) electrons. The number of rotatable bonds is 10. The van der Waals surface area contributed by atoms with Crippen LogP contribution in [0.3, 0.4) is 0 Å². The lowest BCUT2D eigenvalue weighted by atomic mass is 10.1. The van der Waals surface area contributed by atoms with Crippen LogP contribution in [0.2, 0.25) is 0 Å². The maximum absolute atomic E-state index is 12.2. The molecule has 1 saturated heterocycles. The predicted octanol–water partition coefficient (Wildman–Crippen LogP) is 6.53. The molecule has 2 rings (SSSR count). The van der Waals surface area contributed by atoms with Crippen molar-refractivity contribution in [2.45, 2.75) is 83.5 Å². The van der Waals surface area contributed by atoms with Gasteiger partial charge >= 0.3 is 0 Å². The Morgan fingerprint density at radius 1 is 1.00 bits per heavy atom. The number of benzene rings is 1. The van der Waals surface area contributed by atoms with Crippen molar-refractivity contribution in [3.05, 3.63) is 24.3 Å². The summed E-state index contributed by atoms with van der Waals surface area (Å²) in [5.74, 6) is 0.235. The molecule has 0 atom stereocenters. The number of carbonyl (C=O) groups is 1. The molecule has 0 bridgehead atoms. The smallest absolute Gasteiger partial charge is 0.232 e. The highest BCUT2D eigenvalue weighted by Crippen LogP contribution is 2.26. The summed E-state index contributed by atoms with van der Waals surface area (Å²) in [6.07, 6.45) is 10.6. The Bertz CT molecular complexity index is 483. The standard InChI is InChI=1S/C20H32N2OS.C2H6/c1-3-4-5-6-7-8-11-20(23)21(2)24-19-14-12-18(13-15-19)22-16-9-10-17-22;1-2/h12-15H,3-11,16-17H2,1-2H3;1-2H3. The summed E-state index contributed by atoms with van der Waals surface area (Å²) in [7, 11) is 1.89. The summed E-state index contributed by atoms with van der Waals surface area (Å²) >= 11 is 1.54. The van der Waals surface area contributed by atoms with E-state index >= 15 is 0 Å². The molecular weight excluding hydrogens is 340 g/mol. The van der Waals surface area contributed by atoms with Gasteiger partial charge in [-0.05, 0) is 55.5 Å². The van der Waals surface area contributed by atoms with Crippen LogP contribution in [-0.4, -0.2) is 30.3 Å². The van der Waals surface area contributed by atoms with Crippen molar-refractivity contribution in [2.75, 3.05) is 25.0 Å². The quantitative estimate of drug-likeness (QED) is 0.341. The Morgan fingerprint density at radius 3 is 2.19 bits per heavy atom. The lowest BCUT2D eigenvalue weighted by Crippen LogP contribution is -2.19. The van der Waals surface area contributed by atoms with Crippen LogP contribution >= 0.6 is 11.9 Å². The second-order valence-electron chi connectivity index (χ2n) is 6.69. The number of carbonyl (C=O) groups excluding carboxylic acids is 1. The molecule has 1 aromatic rings. The molecule has 1 amide bonds. The van der Waals surface area contributed by atoms with Gasteiger partial charge in [-0.2, -0.15) is 0 Å². The zero-order valence-corrected chi connectivity index (χ0v) is 18.1. The molecule has 1 heterocycles. The van der Waals surface area contributed by atoms with Gasteiger partial charge in [-0.1, -0.05) is 52.9 Å². The third-order valence-electron chi connectivity index (χ3n) is 4.65. The number of nitrogens with zero attached hydrogens (tertiary/aromatic N) is 2. The van der Waals surface area contributed by atoms with E-state index in [1.807, 2.05) is 20.9 Å². The average Bonchev–Trinajstić information content (AvgIpc) is 3.21. The lowest BCUT2D eigenvalue weighted by molar-refractivity contribution is -0.125.